The number of aryl methyl sites for hydroxylation is 1. The van der Waals surface area contributed by atoms with Crippen molar-refractivity contribution < 1.29 is 24.9 Å². The van der Waals surface area contributed by atoms with Crippen LogP contribution in [0.5, 0.6) is 23.0 Å². The van der Waals surface area contributed by atoms with Gasteiger partial charge in [0.1, 0.15) is 11.5 Å². The quantitative estimate of drug-likeness (QED) is 0.117. The van der Waals surface area contributed by atoms with Gasteiger partial charge in [0.25, 0.3) is 0 Å². The molecule has 1 unspecified atom stereocenters. The second-order valence-corrected chi connectivity index (χ2v) is 10.7. The highest BCUT2D eigenvalue weighted by Crippen LogP contribution is 2.31. The van der Waals surface area contributed by atoms with E-state index >= 15 is 0 Å². The predicted molar refractivity (Wildman–Crippen MR) is 162 cm³/mol. The van der Waals surface area contributed by atoms with Crippen LogP contribution >= 0.6 is 0 Å². The molecule has 3 aromatic carbocycles. The van der Waals surface area contributed by atoms with Gasteiger partial charge in [0.15, 0.2) is 17.3 Å². The average molecular weight is 545 g/mol. The number of benzene rings is 3. The summed E-state index contributed by atoms with van der Waals surface area (Å²) in [6.07, 6.45) is 13.7. The van der Waals surface area contributed by atoms with E-state index in [0.29, 0.717) is 31.6 Å². The third-order valence-electron chi connectivity index (χ3n) is 7.26. The molecule has 0 aliphatic rings. The number of allylic oxidation sites excluding steroid dienone is 2. The zero-order valence-corrected chi connectivity index (χ0v) is 23.9. The molecule has 0 spiro atoms. The van der Waals surface area contributed by atoms with E-state index in [0.717, 1.165) is 41.0 Å². The van der Waals surface area contributed by atoms with Crippen LogP contribution in [0.3, 0.4) is 0 Å². The van der Waals surface area contributed by atoms with E-state index in [4.69, 9.17) is 4.74 Å². The van der Waals surface area contributed by atoms with Gasteiger partial charge in [-0.05, 0) is 89.9 Å². The number of aromatic hydroxyl groups is 3. The van der Waals surface area contributed by atoms with Crippen LogP contribution in [0, 0.1) is 5.92 Å². The van der Waals surface area contributed by atoms with E-state index in [1.54, 1.807) is 54.6 Å². The zero-order chi connectivity index (χ0) is 28.7. The molecule has 5 heteroatoms. The summed E-state index contributed by atoms with van der Waals surface area (Å²) in [5.41, 5.74) is 3.64. The summed E-state index contributed by atoms with van der Waals surface area (Å²) >= 11 is 0. The fraction of sp³-hybridized carbons (Fsp3) is 0.400. The van der Waals surface area contributed by atoms with Crippen molar-refractivity contribution in [3.63, 3.8) is 0 Å². The second kappa shape index (κ2) is 16.4. The Morgan fingerprint density at radius 3 is 2.40 bits per heavy atom. The van der Waals surface area contributed by atoms with Gasteiger partial charge < -0.3 is 20.1 Å². The molecule has 0 aromatic heterocycles. The second-order valence-electron chi connectivity index (χ2n) is 10.7. The summed E-state index contributed by atoms with van der Waals surface area (Å²) in [6, 6.07) is 17.2. The fourth-order valence-corrected chi connectivity index (χ4v) is 4.83. The Balaban J connectivity index is 1.46. The molecular weight excluding hydrogens is 500 g/mol. The van der Waals surface area contributed by atoms with Crippen LogP contribution in [-0.4, -0.2) is 27.7 Å². The third-order valence-corrected chi connectivity index (χ3v) is 7.26. The smallest absolute Gasteiger partial charge is 0.161 e. The molecule has 0 aliphatic heterocycles. The fourth-order valence-electron chi connectivity index (χ4n) is 4.83. The number of phenols is 3. The molecule has 3 rings (SSSR count). The SMILES string of the molecule is CCCCCC(C)CCCC=CC(=O)CCc1ccc(O)c(OCCc2ccc(O)cc2-c2ccc(O)cc2)c1. The van der Waals surface area contributed by atoms with Crippen LogP contribution in [0.25, 0.3) is 11.1 Å². The van der Waals surface area contributed by atoms with Gasteiger partial charge in [0.05, 0.1) is 6.61 Å². The van der Waals surface area contributed by atoms with Crippen molar-refractivity contribution in [1.29, 1.82) is 0 Å². The van der Waals surface area contributed by atoms with Crippen LogP contribution in [0.2, 0.25) is 0 Å². The zero-order valence-electron chi connectivity index (χ0n) is 23.9. The topological polar surface area (TPSA) is 87.0 Å². The first-order chi connectivity index (χ1) is 19.4. The van der Waals surface area contributed by atoms with Crippen LogP contribution in [0.4, 0.5) is 0 Å². The van der Waals surface area contributed by atoms with Crippen LogP contribution in [0.1, 0.15) is 76.3 Å². The van der Waals surface area contributed by atoms with Gasteiger partial charge in [-0.1, -0.05) is 76.3 Å². The summed E-state index contributed by atoms with van der Waals surface area (Å²) in [5.74, 6) is 1.65. The van der Waals surface area contributed by atoms with Gasteiger partial charge in [0.2, 0.25) is 0 Å². The number of ether oxygens (including phenoxy) is 1. The van der Waals surface area contributed by atoms with E-state index in [1.165, 1.54) is 32.1 Å². The minimum atomic E-state index is 0.0587. The maximum absolute atomic E-state index is 12.4. The van der Waals surface area contributed by atoms with Crippen molar-refractivity contribution in [2.24, 2.45) is 5.92 Å². The molecule has 0 amide bonds. The molecule has 0 radical (unpaired) electrons. The predicted octanol–water partition coefficient (Wildman–Crippen LogP) is 8.54. The standard InChI is InChI=1S/C35H44O5/c1-3-4-6-9-26(2)10-7-5-8-11-30(36)17-12-27-13-21-34(39)35(24-27)40-23-22-29-16-20-32(38)25-33(29)28-14-18-31(37)19-15-28/h8,11,13-16,18-21,24-26,37-39H,3-7,9-10,12,17,22-23H2,1-2H3. The number of rotatable bonds is 17. The summed E-state index contributed by atoms with van der Waals surface area (Å²) < 4.78 is 5.92. The van der Waals surface area contributed by atoms with Gasteiger partial charge in [-0.15, -0.1) is 0 Å². The lowest BCUT2D eigenvalue weighted by molar-refractivity contribution is -0.114. The summed E-state index contributed by atoms with van der Waals surface area (Å²) in [5, 5.41) is 29.9. The summed E-state index contributed by atoms with van der Waals surface area (Å²) in [7, 11) is 0. The molecule has 0 fully saturated rings. The highest BCUT2D eigenvalue weighted by molar-refractivity contribution is 5.89. The van der Waals surface area contributed by atoms with Crippen molar-refractivity contribution in [1.82, 2.24) is 0 Å². The number of carbonyl (C=O) groups excluding carboxylic acids is 1. The van der Waals surface area contributed by atoms with Gasteiger partial charge >= 0.3 is 0 Å². The van der Waals surface area contributed by atoms with Gasteiger partial charge in [-0.2, -0.15) is 0 Å². The number of unbranched alkanes of at least 4 members (excludes halogenated alkanes) is 3. The molecule has 40 heavy (non-hydrogen) atoms. The lowest BCUT2D eigenvalue weighted by atomic mass is 9.97. The lowest BCUT2D eigenvalue weighted by Gasteiger charge is -2.13. The molecule has 0 saturated heterocycles. The molecule has 3 N–H and O–H groups in total. The number of hydrogen-bond acceptors (Lipinski definition) is 5. The third kappa shape index (κ3) is 10.4. The Hall–Kier alpha value is -3.73. The number of carbonyl (C=O) groups is 1. The summed E-state index contributed by atoms with van der Waals surface area (Å²) in [4.78, 5) is 12.4. The first-order valence-electron chi connectivity index (χ1n) is 14.6. The van der Waals surface area contributed by atoms with E-state index in [-0.39, 0.29) is 23.0 Å². The first kappa shape index (κ1) is 30.8. The number of ketones is 1. The molecule has 3 aromatic rings. The van der Waals surface area contributed by atoms with Gasteiger partial charge in [-0.25, -0.2) is 0 Å². The highest BCUT2D eigenvalue weighted by atomic mass is 16.5. The van der Waals surface area contributed by atoms with Crippen LogP contribution < -0.4 is 4.74 Å². The van der Waals surface area contributed by atoms with Gasteiger partial charge in [0, 0.05) is 12.8 Å². The Morgan fingerprint density at radius 1 is 0.875 bits per heavy atom. The molecule has 0 bridgehead atoms. The minimum absolute atomic E-state index is 0.0587. The minimum Gasteiger partial charge on any atom is -0.508 e. The Morgan fingerprint density at radius 2 is 1.62 bits per heavy atom. The number of hydrogen-bond donors (Lipinski definition) is 3. The highest BCUT2D eigenvalue weighted by Gasteiger charge is 2.10. The average Bonchev–Trinajstić information content (AvgIpc) is 2.94. The maximum Gasteiger partial charge on any atom is 0.161 e. The monoisotopic (exact) mass is 544 g/mol. The maximum atomic E-state index is 12.4. The van der Waals surface area contributed by atoms with E-state index in [1.807, 2.05) is 18.2 Å². The van der Waals surface area contributed by atoms with Crippen molar-refractivity contribution in [3.05, 3.63) is 83.9 Å². The lowest BCUT2D eigenvalue weighted by Crippen LogP contribution is -2.04. The molecular formula is C35H44O5. The van der Waals surface area contributed by atoms with Crippen molar-refractivity contribution >= 4 is 5.78 Å². The molecule has 5 nitrogen and oxygen atoms in total. The van der Waals surface area contributed by atoms with Crippen molar-refractivity contribution in [2.75, 3.05) is 6.61 Å². The van der Waals surface area contributed by atoms with Crippen LogP contribution in [0.15, 0.2) is 72.8 Å². The Labute approximate surface area is 239 Å². The van der Waals surface area contributed by atoms with Crippen molar-refractivity contribution in [3.8, 4) is 34.1 Å². The van der Waals surface area contributed by atoms with E-state index in [9.17, 15) is 20.1 Å². The molecule has 214 valence electrons. The Kier molecular flexibility index (Phi) is 12.6. The van der Waals surface area contributed by atoms with Crippen LogP contribution in [-0.2, 0) is 17.6 Å². The Bertz CT molecular complexity index is 1230. The van der Waals surface area contributed by atoms with E-state index < -0.39 is 0 Å². The normalized spacial score (nSPS) is 12.1. The number of phenolic OH excluding ortho intramolecular Hbond substituents is 3. The largest absolute Gasteiger partial charge is 0.508 e. The van der Waals surface area contributed by atoms with E-state index in [2.05, 4.69) is 13.8 Å². The summed E-state index contributed by atoms with van der Waals surface area (Å²) in [6.45, 7) is 4.88. The molecule has 0 saturated carbocycles. The molecule has 0 aliphatic carbocycles. The molecule has 1 atom stereocenters. The molecule has 0 heterocycles. The van der Waals surface area contributed by atoms with Gasteiger partial charge in [-0.3, -0.25) is 4.79 Å². The first-order valence-corrected chi connectivity index (χ1v) is 14.6. The van der Waals surface area contributed by atoms with Crippen molar-refractivity contribution in [2.45, 2.75) is 78.1 Å².